The van der Waals surface area contributed by atoms with Gasteiger partial charge in [-0.15, -0.1) is 0 Å². The van der Waals surface area contributed by atoms with E-state index in [9.17, 15) is 10.0 Å². The van der Waals surface area contributed by atoms with Crippen LogP contribution in [0, 0.1) is 5.21 Å². The van der Waals surface area contributed by atoms with Crippen LogP contribution in [0.3, 0.4) is 0 Å². The molecule has 0 aliphatic carbocycles. The van der Waals surface area contributed by atoms with Crippen molar-refractivity contribution in [2.75, 3.05) is 25.0 Å². The monoisotopic (exact) mass is 554 g/mol. The standard InChI is InChI=1S/C31H31ClN6O2/c32-28-17-22(7-8-26(28)24-5-2-1-3-6-24)20-33-14-9-31(39)35-13-4-12-34-29-18-25(19-30-27(29)21-36-37-30)23-10-15-38(40)16-11-23/h1-3,5-8,10-11,15-19,21,33-34H,4,9,12-14,20H2,(H,35,39)(H,36,37). The Morgan fingerprint density at radius 3 is 2.55 bits per heavy atom. The van der Waals surface area contributed by atoms with Crippen LogP contribution in [0.2, 0.25) is 5.02 Å². The second kappa shape index (κ2) is 13.1. The topological polar surface area (TPSA) is 109 Å². The van der Waals surface area contributed by atoms with Crippen LogP contribution in [0.25, 0.3) is 33.2 Å². The number of nitrogens with zero attached hydrogens (tertiary/aromatic N) is 2. The lowest BCUT2D eigenvalue weighted by Crippen LogP contribution is -2.29. The quantitative estimate of drug-likeness (QED) is 0.0953. The van der Waals surface area contributed by atoms with Gasteiger partial charge < -0.3 is 21.2 Å². The summed E-state index contributed by atoms with van der Waals surface area (Å²) in [5.41, 5.74) is 6.97. The van der Waals surface area contributed by atoms with Crippen LogP contribution >= 0.6 is 11.6 Å². The number of hydrogen-bond acceptors (Lipinski definition) is 5. The van der Waals surface area contributed by atoms with Crippen LogP contribution in [0.4, 0.5) is 5.69 Å². The first kappa shape index (κ1) is 27.2. The van der Waals surface area contributed by atoms with Gasteiger partial charge in [0.1, 0.15) is 0 Å². The molecule has 0 saturated heterocycles. The molecule has 2 aromatic heterocycles. The van der Waals surface area contributed by atoms with Gasteiger partial charge in [-0.1, -0.05) is 54.1 Å². The van der Waals surface area contributed by atoms with Gasteiger partial charge in [-0.2, -0.15) is 9.83 Å². The molecule has 0 atom stereocenters. The smallest absolute Gasteiger partial charge is 0.221 e. The van der Waals surface area contributed by atoms with Crippen LogP contribution in [0.1, 0.15) is 18.4 Å². The van der Waals surface area contributed by atoms with E-state index in [0.29, 0.717) is 37.6 Å². The van der Waals surface area contributed by atoms with Crippen LogP contribution < -0.4 is 20.7 Å². The molecule has 0 radical (unpaired) electrons. The average Bonchev–Trinajstić information content (AvgIpc) is 3.45. The summed E-state index contributed by atoms with van der Waals surface area (Å²) in [7, 11) is 0. The summed E-state index contributed by atoms with van der Waals surface area (Å²) >= 11 is 6.50. The largest absolute Gasteiger partial charge is 0.619 e. The number of carbonyl (C=O) groups excluding carboxylic acids is 1. The zero-order chi connectivity index (χ0) is 27.7. The van der Waals surface area contributed by atoms with E-state index in [1.807, 2.05) is 48.5 Å². The summed E-state index contributed by atoms with van der Waals surface area (Å²) in [5.74, 6) is 0.0175. The number of hydrogen-bond donors (Lipinski definition) is 4. The Labute approximate surface area is 238 Å². The number of anilines is 1. The second-order valence-corrected chi connectivity index (χ2v) is 9.95. The van der Waals surface area contributed by atoms with Crippen LogP contribution in [-0.4, -0.2) is 35.7 Å². The number of carbonyl (C=O) groups is 1. The molecule has 5 rings (SSSR count). The molecule has 0 aliphatic rings. The van der Waals surface area contributed by atoms with Gasteiger partial charge >= 0.3 is 0 Å². The highest BCUT2D eigenvalue weighted by Gasteiger charge is 2.09. The number of halogens is 1. The highest BCUT2D eigenvalue weighted by atomic mass is 35.5. The van der Waals surface area contributed by atoms with Crippen LogP contribution in [0.15, 0.2) is 91.4 Å². The van der Waals surface area contributed by atoms with E-state index in [2.05, 4.69) is 38.3 Å². The number of aromatic amines is 1. The fraction of sp³-hybridized carbons (Fsp3) is 0.194. The first-order valence-electron chi connectivity index (χ1n) is 13.3. The lowest BCUT2D eigenvalue weighted by atomic mass is 10.0. The number of H-pyrrole nitrogens is 1. The minimum Gasteiger partial charge on any atom is -0.619 e. The van der Waals surface area contributed by atoms with E-state index >= 15 is 0 Å². The average molecular weight is 555 g/mol. The van der Waals surface area contributed by atoms with Gasteiger partial charge in [0.2, 0.25) is 5.91 Å². The molecule has 1 amide bonds. The molecule has 0 aliphatic heterocycles. The van der Waals surface area contributed by atoms with Gasteiger partial charge in [-0.25, -0.2) is 0 Å². The molecule has 9 heteroatoms. The van der Waals surface area contributed by atoms with Crippen molar-refractivity contribution in [2.24, 2.45) is 0 Å². The van der Waals surface area contributed by atoms with Gasteiger partial charge in [0.25, 0.3) is 0 Å². The van der Waals surface area contributed by atoms with Crippen molar-refractivity contribution < 1.29 is 9.52 Å². The molecule has 0 bridgehead atoms. The van der Waals surface area contributed by atoms with Gasteiger partial charge in [-0.05, 0) is 46.9 Å². The van der Waals surface area contributed by atoms with Gasteiger partial charge in [-0.3, -0.25) is 9.89 Å². The van der Waals surface area contributed by atoms with E-state index in [0.717, 1.165) is 55.6 Å². The summed E-state index contributed by atoms with van der Waals surface area (Å²) in [6, 6.07) is 23.8. The van der Waals surface area contributed by atoms with E-state index in [-0.39, 0.29) is 5.91 Å². The Morgan fingerprint density at radius 2 is 1.75 bits per heavy atom. The Hall–Kier alpha value is -4.40. The van der Waals surface area contributed by atoms with Crippen LogP contribution in [0.5, 0.6) is 0 Å². The Kier molecular flexibility index (Phi) is 8.90. The van der Waals surface area contributed by atoms with E-state index in [1.165, 1.54) is 12.4 Å². The molecular weight excluding hydrogens is 524 g/mol. The fourth-order valence-electron chi connectivity index (χ4n) is 4.55. The highest BCUT2D eigenvalue weighted by molar-refractivity contribution is 6.33. The molecule has 4 N–H and O–H groups in total. The third kappa shape index (κ3) is 6.97. The third-order valence-corrected chi connectivity index (χ3v) is 6.97. The van der Waals surface area contributed by atoms with Gasteiger partial charge in [0.05, 0.1) is 11.7 Å². The highest BCUT2D eigenvalue weighted by Crippen LogP contribution is 2.30. The van der Waals surface area contributed by atoms with Crippen molar-refractivity contribution in [1.82, 2.24) is 20.8 Å². The summed E-state index contributed by atoms with van der Waals surface area (Å²) < 4.78 is 0.766. The lowest BCUT2D eigenvalue weighted by molar-refractivity contribution is -0.605. The molecule has 204 valence electrons. The van der Waals surface area contributed by atoms with Crippen molar-refractivity contribution in [3.63, 3.8) is 0 Å². The fourth-order valence-corrected chi connectivity index (χ4v) is 4.86. The van der Waals surface area contributed by atoms with Crippen molar-refractivity contribution in [3.8, 4) is 22.3 Å². The number of rotatable bonds is 12. The molecule has 8 nitrogen and oxygen atoms in total. The zero-order valence-corrected chi connectivity index (χ0v) is 22.7. The number of nitrogens with one attached hydrogen (secondary N) is 4. The molecule has 2 heterocycles. The molecule has 0 saturated carbocycles. The van der Waals surface area contributed by atoms with Crippen molar-refractivity contribution in [1.29, 1.82) is 0 Å². The van der Waals surface area contributed by atoms with Crippen molar-refractivity contribution in [2.45, 2.75) is 19.4 Å². The summed E-state index contributed by atoms with van der Waals surface area (Å²) in [6.45, 7) is 2.50. The molecule has 3 aromatic carbocycles. The molecule has 0 spiro atoms. The van der Waals surface area contributed by atoms with E-state index < -0.39 is 0 Å². The first-order valence-corrected chi connectivity index (χ1v) is 13.7. The molecular formula is C31H31ClN6O2. The summed E-state index contributed by atoms with van der Waals surface area (Å²) in [5, 5.41) is 30.0. The van der Waals surface area contributed by atoms with Gasteiger partial charge in [0.15, 0.2) is 12.4 Å². The number of amides is 1. The summed E-state index contributed by atoms with van der Waals surface area (Å²) in [4.78, 5) is 12.3. The minimum absolute atomic E-state index is 0.0175. The Bertz CT molecular complexity index is 1570. The molecule has 40 heavy (non-hydrogen) atoms. The predicted molar refractivity (Wildman–Crippen MR) is 160 cm³/mol. The van der Waals surface area contributed by atoms with E-state index in [1.54, 1.807) is 18.3 Å². The normalized spacial score (nSPS) is 11.0. The summed E-state index contributed by atoms with van der Waals surface area (Å²) in [6.07, 6.45) is 5.93. The maximum Gasteiger partial charge on any atom is 0.221 e. The zero-order valence-electron chi connectivity index (χ0n) is 22.0. The minimum atomic E-state index is 0.0175. The lowest BCUT2D eigenvalue weighted by Gasteiger charge is -2.11. The Balaban J connectivity index is 1.02. The van der Waals surface area contributed by atoms with Crippen molar-refractivity contribution in [3.05, 3.63) is 107 Å². The maximum atomic E-state index is 12.3. The number of pyridine rings is 1. The number of fused-ring (bicyclic) bond motifs is 1. The molecule has 0 unspecified atom stereocenters. The molecule has 0 fully saturated rings. The Morgan fingerprint density at radius 1 is 0.925 bits per heavy atom. The third-order valence-electron chi connectivity index (χ3n) is 6.66. The maximum absolute atomic E-state index is 12.3. The predicted octanol–water partition coefficient (Wildman–Crippen LogP) is 5.28. The SMILES string of the molecule is O=C(CCNCc1ccc(-c2ccccc2)c(Cl)c1)NCCCNc1cc(-c2cc[n+]([O-])cc2)cc2[nH]ncc12. The van der Waals surface area contributed by atoms with Gasteiger partial charge in [0, 0.05) is 66.4 Å². The van der Waals surface area contributed by atoms with E-state index in [4.69, 9.17) is 11.6 Å². The van der Waals surface area contributed by atoms with Crippen LogP contribution in [-0.2, 0) is 11.3 Å². The second-order valence-electron chi connectivity index (χ2n) is 9.54. The number of aromatic nitrogens is 3. The van der Waals surface area contributed by atoms with Crippen molar-refractivity contribution >= 4 is 34.1 Å². The number of benzene rings is 3. The molecule has 5 aromatic rings. The first-order chi connectivity index (χ1) is 19.6.